The normalized spacial score (nSPS) is 23.6. The van der Waals surface area contributed by atoms with Crippen LogP contribution in [-0.4, -0.2) is 163 Å². The fraction of sp³-hybridized carbons (Fsp3) is 0.513. The number of primary amides is 1. The van der Waals surface area contributed by atoms with Gasteiger partial charge < -0.3 is 73.8 Å². The number of thioether (sulfide) groups is 1. The molecule has 0 unspecified atom stereocenters. The van der Waals surface area contributed by atoms with Crippen LogP contribution in [0, 0.1) is 0 Å². The Labute approximate surface area is 384 Å². The Hall–Kier alpha value is -7.36. The summed E-state index contributed by atoms with van der Waals surface area (Å²) in [7, 11) is 0. The average Bonchev–Trinajstić information content (AvgIpc) is 3.23. The number of nitrogens with two attached hydrogens (primary N) is 1. The van der Waals surface area contributed by atoms with Crippen LogP contribution in [0.5, 0.6) is 0 Å². The van der Waals surface area contributed by atoms with Gasteiger partial charge in [0.05, 0.1) is 19.1 Å². The van der Waals surface area contributed by atoms with Crippen LogP contribution < -0.4 is 48.3 Å². The maximum absolute atomic E-state index is 13.7. The summed E-state index contributed by atoms with van der Waals surface area (Å²) in [4.78, 5) is 165. The Morgan fingerprint density at radius 1 is 0.657 bits per heavy atom. The van der Waals surface area contributed by atoms with Gasteiger partial charge in [0.15, 0.2) is 0 Å². The highest BCUT2D eigenvalue weighted by molar-refractivity contribution is 7.99. The lowest BCUT2D eigenvalue weighted by molar-refractivity contribution is -0.142. The molecule has 0 aliphatic carbocycles. The summed E-state index contributed by atoms with van der Waals surface area (Å²) in [6.07, 6.45) is -7.29. The quantitative estimate of drug-likeness (QED) is 0.0775. The molecule has 0 aromatic heterocycles. The molecule has 28 heteroatoms. The van der Waals surface area contributed by atoms with Crippen LogP contribution >= 0.6 is 11.8 Å². The van der Waals surface area contributed by atoms with E-state index in [4.69, 9.17) is 5.73 Å². The molecule has 0 radical (unpaired) electrons. The van der Waals surface area contributed by atoms with Crippen LogP contribution in [0.1, 0.15) is 64.4 Å². The van der Waals surface area contributed by atoms with Gasteiger partial charge in [-0.1, -0.05) is 12.1 Å². The van der Waals surface area contributed by atoms with Gasteiger partial charge in [-0.25, -0.2) is 0 Å². The molecule has 368 valence electrons. The number of aliphatic hydroxyl groups excluding tert-OH is 1. The van der Waals surface area contributed by atoms with Crippen molar-refractivity contribution in [3.05, 3.63) is 29.8 Å². The fourth-order valence-electron chi connectivity index (χ4n) is 6.05. The summed E-state index contributed by atoms with van der Waals surface area (Å²) >= 11 is 1.01. The second kappa shape index (κ2) is 27.2. The van der Waals surface area contributed by atoms with Gasteiger partial charge in [-0.15, -0.1) is 11.8 Å². The molecule has 0 saturated heterocycles. The summed E-state index contributed by atoms with van der Waals surface area (Å²) in [5, 5.41) is 65.7. The molecule has 0 fully saturated rings. The number of benzene rings is 1. The van der Waals surface area contributed by atoms with Gasteiger partial charge in [-0.2, -0.15) is 0 Å². The molecule has 67 heavy (non-hydrogen) atoms. The number of nitrogens with one attached hydrogen (secondary N) is 8. The van der Waals surface area contributed by atoms with E-state index in [0.717, 1.165) is 25.6 Å². The van der Waals surface area contributed by atoms with Gasteiger partial charge in [0, 0.05) is 43.3 Å². The number of carbonyl (C=O) groups is 13. The molecule has 8 atom stereocenters. The van der Waals surface area contributed by atoms with E-state index in [9.17, 15) is 87.9 Å². The molecule has 0 spiro atoms. The molecule has 2 aliphatic heterocycles. The third kappa shape index (κ3) is 20.6. The average molecular weight is 968 g/mol. The van der Waals surface area contributed by atoms with E-state index in [0.29, 0.717) is 10.5 Å². The van der Waals surface area contributed by atoms with Crippen LogP contribution in [-0.2, 0) is 68.7 Å². The number of carboxylic acid groups (broad SMARTS) is 4. The summed E-state index contributed by atoms with van der Waals surface area (Å²) in [6.45, 7) is 1.15. The van der Waals surface area contributed by atoms with Crippen LogP contribution in [0.15, 0.2) is 29.2 Å². The standard InChI is InChI=1S/C39H53N9O18S/c1-17(49)32-39(66)41-15-27(51)43-21(7-10-28(52)53)34(61)47-26(33(40)60)16-67-20-5-3-19(4-6-20)13-24(42-18(2)50)37(64)46-25(14-31(58)59)38(65)45-22(8-11-29(54)55)35(62)44-23(36(63)48-32)9-12-30(56)57/h3-6,17,21-26,32,49H,7-16H2,1-2H3,(H2,40,60)(H,41,66)(H,42,50)(H,43,51)(H,44,62)(H,45,65)(H,46,64)(H,47,61)(H,48,63)(H,52,53)(H,54,55)(H,56,57)(H,58,59)/t17-,21+,22+,23+,24+,25+,26+,32+/m1/s1. The Bertz CT molecular complexity index is 2050. The van der Waals surface area contributed by atoms with Crippen molar-refractivity contribution < 1.29 is 87.9 Å². The van der Waals surface area contributed by atoms with Gasteiger partial charge in [0.25, 0.3) is 0 Å². The summed E-state index contributed by atoms with van der Waals surface area (Å²) in [5.74, 6) is -16.3. The molecular weight excluding hydrogens is 915 g/mol. The van der Waals surface area contributed by atoms with E-state index in [2.05, 4.69) is 42.5 Å². The van der Waals surface area contributed by atoms with Crippen molar-refractivity contribution in [3.8, 4) is 0 Å². The van der Waals surface area contributed by atoms with E-state index in [1.807, 2.05) is 0 Å². The highest BCUT2D eigenvalue weighted by Gasteiger charge is 2.35. The SMILES string of the molecule is CC(=O)N[C@H]1Cc2ccc(cc2)SC[C@@H](C(N)=O)NC(=O)[C@H](CCC(=O)O)NC(=O)CNC(=O)[C@H]([C@@H](C)O)NC(=O)[C@H](CCC(=O)O)NC(=O)[C@H](CCC(=O)O)NC(=O)[C@H](CC(=O)O)NC1=O. The van der Waals surface area contributed by atoms with Gasteiger partial charge in [0.2, 0.25) is 53.2 Å². The van der Waals surface area contributed by atoms with Crippen molar-refractivity contribution >= 4 is 88.8 Å². The zero-order valence-electron chi connectivity index (χ0n) is 36.0. The maximum Gasteiger partial charge on any atom is 0.305 e. The third-order valence-electron chi connectivity index (χ3n) is 9.49. The maximum atomic E-state index is 13.7. The fourth-order valence-corrected chi connectivity index (χ4v) is 6.99. The van der Waals surface area contributed by atoms with Crippen molar-refractivity contribution in [1.29, 1.82) is 0 Å². The van der Waals surface area contributed by atoms with E-state index >= 15 is 0 Å². The van der Waals surface area contributed by atoms with Crippen molar-refractivity contribution in [1.82, 2.24) is 42.5 Å². The van der Waals surface area contributed by atoms with E-state index in [1.54, 1.807) is 0 Å². The van der Waals surface area contributed by atoms with Crippen molar-refractivity contribution in [2.75, 3.05) is 12.3 Å². The summed E-state index contributed by atoms with van der Waals surface area (Å²) < 4.78 is 0. The van der Waals surface area contributed by atoms with Crippen LogP contribution in [0.3, 0.4) is 0 Å². The molecule has 1 aromatic rings. The number of fused-ring (bicyclic) bond motifs is 26. The first-order chi connectivity index (χ1) is 31.4. The largest absolute Gasteiger partial charge is 0.481 e. The van der Waals surface area contributed by atoms with E-state index in [-0.39, 0.29) is 12.2 Å². The molecule has 2 heterocycles. The molecule has 15 N–H and O–H groups in total. The number of hydrogen-bond acceptors (Lipinski definition) is 15. The molecular formula is C39H53N9O18S. The number of aliphatic carboxylic acids is 4. The molecule has 3 rings (SSSR count). The van der Waals surface area contributed by atoms with Gasteiger partial charge >= 0.3 is 23.9 Å². The zero-order chi connectivity index (χ0) is 50.5. The highest BCUT2D eigenvalue weighted by Crippen LogP contribution is 2.20. The minimum atomic E-state index is -1.97. The van der Waals surface area contributed by atoms with Crippen molar-refractivity contribution in [3.63, 3.8) is 0 Å². The number of carboxylic acids is 4. The lowest BCUT2D eigenvalue weighted by Gasteiger charge is -2.27. The lowest BCUT2D eigenvalue weighted by atomic mass is 10.0. The van der Waals surface area contributed by atoms with Gasteiger partial charge in [0.1, 0.15) is 42.3 Å². The first-order valence-electron chi connectivity index (χ1n) is 20.3. The Morgan fingerprint density at radius 2 is 1.12 bits per heavy atom. The molecule has 1 aromatic carbocycles. The zero-order valence-corrected chi connectivity index (χ0v) is 36.8. The second-order valence-electron chi connectivity index (χ2n) is 15.0. The smallest absolute Gasteiger partial charge is 0.305 e. The van der Waals surface area contributed by atoms with E-state index in [1.165, 1.54) is 24.3 Å². The summed E-state index contributed by atoms with van der Waals surface area (Å²) in [6, 6.07) is -6.06. The number of hydrogen-bond donors (Lipinski definition) is 14. The van der Waals surface area contributed by atoms with Gasteiger partial charge in [-0.3, -0.25) is 62.3 Å². The number of carbonyl (C=O) groups excluding carboxylic acids is 9. The van der Waals surface area contributed by atoms with Crippen LogP contribution in [0.25, 0.3) is 0 Å². The minimum absolute atomic E-state index is 0.193. The Balaban J connectivity index is 2.67. The second-order valence-corrected chi connectivity index (χ2v) is 16.1. The van der Waals surface area contributed by atoms with Crippen molar-refractivity contribution in [2.24, 2.45) is 5.73 Å². The predicted molar refractivity (Wildman–Crippen MR) is 227 cm³/mol. The van der Waals surface area contributed by atoms with Crippen LogP contribution in [0.4, 0.5) is 0 Å². The molecule has 27 nitrogen and oxygen atoms in total. The first kappa shape index (κ1) is 55.8. The van der Waals surface area contributed by atoms with Crippen molar-refractivity contribution in [2.45, 2.75) is 119 Å². The Morgan fingerprint density at radius 3 is 1.58 bits per heavy atom. The van der Waals surface area contributed by atoms with Crippen LogP contribution in [0.2, 0.25) is 0 Å². The van der Waals surface area contributed by atoms with E-state index < -0.39 is 177 Å². The lowest BCUT2D eigenvalue weighted by Crippen LogP contribution is -2.60. The summed E-state index contributed by atoms with van der Waals surface area (Å²) in [5.41, 5.74) is 5.93. The number of rotatable bonds is 14. The monoisotopic (exact) mass is 967 g/mol. The molecule has 2 bridgehead atoms. The topological polar surface area (TPSA) is 445 Å². The minimum Gasteiger partial charge on any atom is -0.481 e. The predicted octanol–water partition coefficient (Wildman–Crippen LogP) is -5.20. The number of aliphatic hydroxyl groups is 1. The molecule has 9 amide bonds. The number of amides is 9. The van der Waals surface area contributed by atoms with Gasteiger partial charge in [-0.05, 0) is 43.9 Å². The highest BCUT2D eigenvalue weighted by atomic mass is 32.2. The molecule has 2 aliphatic rings. The Kier molecular flexibility index (Phi) is 22.6. The first-order valence-corrected chi connectivity index (χ1v) is 21.3. The third-order valence-corrected chi connectivity index (χ3v) is 10.6. The molecule has 0 saturated carbocycles.